The predicted molar refractivity (Wildman–Crippen MR) is 85.1 cm³/mol. The number of hydrogen-bond acceptors (Lipinski definition) is 3. The van der Waals surface area contributed by atoms with Crippen molar-refractivity contribution in [2.75, 3.05) is 0 Å². The molecule has 0 atom stereocenters. The summed E-state index contributed by atoms with van der Waals surface area (Å²) in [6.45, 7) is 1.94. The van der Waals surface area contributed by atoms with Crippen molar-refractivity contribution >= 4 is 11.0 Å². The van der Waals surface area contributed by atoms with Crippen LogP contribution in [0, 0.1) is 6.92 Å². The van der Waals surface area contributed by atoms with Crippen LogP contribution in [0.2, 0.25) is 0 Å². The van der Waals surface area contributed by atoms with E-state index >= 15 is 0 Å². The number of imidazole rings is 2. The van der Waals surface area contributed by atoms with E-state index < -0.39 is 0 Å². The second-order valence-corrected chi connectivity index (χ2v) is 5.19. The standard InChI is InChI=1S/C17H14N4O/c1-11-19-15-6-5-13(10-16(15)20-11)21-8-7-18-17(21)12-3-2-4-14(22)9-12/h2-10,22H,1H3,(H,19,20). The maximum absolute atomic E-state index is 9.67. The summed E-state index contributed by atoms with van der Waals surface area (Å²) in [4.78, 5) is 12.1. The molecule has 0 spiro atoms. The molecule has 2 aromatic carbocycles. The van der Waals surface area contributed by atoms with Gasteiger partial charge in [0.15, 0.2) is 0 Å². The number of aromatic hydroxyl groups is 1. The summed E-state index contributed by atoms with van der Waals surface area (Å²) in [7, 11) is 0. The van der Waals surface area contributed by atoms with Gasteiger partial charge in [-0.25, -0.2) is 9.97 Å². The number of benzene rings is 2. The van der Waals surface area contributed by atoms with Gasteiger partial charge in [0.2, 0.25) is 0 Å². The Balaban J connectivity index is 1.87. The third kappa shape index (κ3) is 2.03. The van der Waals surface area contributed by atoms with Crippen LogP contribution in [0.3, 0.4) is 0 Å². The van der Waals surface area contributed by atoms with Gasteiger partial charge in [-0.2, -0.15) is 0 Å². The molecule has 0 aliphatic carbocycles. The molecule has 4 rings (SSSR count). The van der Waals surface area contributed by atoms with Gasteiger partial charge in [-0.15, -0.1) is 0 Å². The van der Waals surface area contributed by atoms with Crippen molar-refractivity contribution in [3.8, 4) is 22.8 Å². The fourth-order valence-electron chi connectivity index (χ4n) is 2.65. The summed E-state index contributed by atoms with van der Waals surface area (Å²) < 4.78 is 1.99. The fraction of sp³-hybridized carbons (Fsp3) is 0.0588. The summed E-state index contributed by atoms with van der Waals surface area (Å²) in [5, 5.41) is 9.67. The number of aryl methyl sites for hydroxylation is 1. The molecule has 0 saturated carbocycles. The quantitative estimate of drug-likeness (QED) is 0.594. The summed E-state index contributed by atoms with van der Waals surface area (Å²) in [6.07, 6.45) is 3.66. The lowest BCUT2D eigenvalue weighted by Gasteiger charge is -2.08. The van der Waals surface area contributed by atoms with Crippen LogP contribution in [0.25, 0.3) is 28.1 Å². The molecule has 0 amide bonds. The van der Waals surface area contributed by atoms with Gasteiger partial charge in [0, 0.05) is 23.6 Å². The molecule has 0 aliphatic heterocycles. The Hall–Kier alpha value is -3.08. The topological polar surface area (TPSA) is 66.7 Å². The molecular formula is C17H14N4O. The minimum atomic E-state index is 0.228. The zero-order valence-corrected chi connectivity index (χ0v) is 12.0. The highest BCUT2D eigenvalue weighted by atomic mass is 16.3. The molecule has 0 radical (unpaired) electrons. The second kappa shape index (κ2) is 4.73. The fourth-order valence-corrected chi connectivity index (χ4v) is 2.65. The Labute approximate surface area is 126 Å². The van der Waals surface area contributed by atoms with Gasteiger partial charge < -0.3 is 10.1 Å². The molecule has 2 N–H and O–H groups in total. The monoisotopic (exact) mass is 290 g/mol. The first kappa shape index (κ1) is 12.6. The smallest absolute Gasteiger partial charge is 0.144 e. The van der Waals surface area contributed by atoms with Crippen LogP contribution in [0.15, 0.2) is 54.9 Å². The van der Waals surface area contributed by atoms with E-state index in [0.29, 0.717) is 0 Å². The van der Waals surface area contributed by atoms with Crippen molar-refractivity contribution in [3.05, 3.63) is 60.7 Å². The number of phenols is 1. The van der Waals surface area contributed by atoms with E-state index in [0.717, 1.165) is 33.9 Å². The predicted octanol–water partition coefficient (Wildman–Crippen LogP) is 3.43. The molecule has 0 unspecified atom stereocenters. The third-order valence-electron chi connectivity index (χ3n) is 3.61. The second-order valence-electron chi connectivity index (χ2n) is 5.19. The summed E-state index contributed by atoms with van der Waals surface area (Å²) >= 11 is 0. The minimum absolute atomic E-state index is 0.228. The van der Waals surface area contributed by atoms with Gasteiger partial charge in [0.05, 0.1) is 11.0 Å². The molecule has 2 aromatic heterocycles. The van der Waals surface area contributed by atoms with Crippen molar-refractivity contribution < 1.29 is 5.11 Å². The van der Waals surface area contributed by atoms with Gasteiger partial charge in [0.1, 0.15) is 17.4 Å². The number of hydrogen-bond donors (Lipinski definition) is 2. The average molecular weight is 290 g/mol. The lowest BCUT2D eigenvalue weighted by Crippen LogP contribution is -1.96. The van der Waals surface area contributed by atoms with Crippen molar-refractivity contribution in [2.24, 2.45) is 0 Å². The van der Waals surface area contributed by atoms with Gasteiger partial charge in [-0.1, -0.05) is 12.1 Å². The highest BCUT2D eigenvalue weighted by Gasteiger charge is 2.09. The van der Waals surface area contributed by atoms with E-state index in [-0.39, 0.29) is 5.75 Å². The summed E-state index contributed by atoms with van der Waals surface area (Å²) in [6, 6.07) is 13.1. The van der Waals surface area contributed by atoms with Crippen molar-refractivity contribution in [3.63, 3.8) is 0 Å². The first-order valence-electron chi connectivity index (χ1n) is 7.00. The molecule has 0 bridgehead atoms. The highest BCUT2D eigenvalue weighted by Crippen LogP contribution is 2.25. The average Bonchev–Trinajstić information content (AvgIpc) is 3.11. The molecule has 0 fully saturated rings. The maximum Gasteiger partial charge on any atom is 0.144 e. The van der Waals surface area contributed by atoms with Gasteiger partial charge in [-0.05, 0) is 37.3 Å². The number of phenolic OH excluding ortho intramolecular Hbond substituents is 1. The van der Waals surface area contributed by atoms with Crippen molar-refractivity contribution in [1.82, 2.24) is 19.5 Å². The molecule has 4 aromatic rings. The SMILES string of the molecule is Cc1nc2ccc(-n3ccnc3-c3cccc(O)c3)cc2[nH]1. The molecule has 0 saturated heterocycles. The Morgan fingerprint density at radius 1 is 1.14 bits per heavy atom. The lowest BCUT2D eigenvalue weighted by atomic mass is 10.2. The van der Waals surface area contributed by atoms with E-state index in [4.69, 9.17) is 0 Å². The Bertz CT molecular complexity index is 968. The molecule has 5 heteroatoms. The van der Waals surface area contributed by atoms with Crippen LogP contribution >= 0.6 is 0 Å². The number of nitrogens with one attached hydrogen (secondary N) is 1. The summed E-state index contributed by atoms with van der Waals surface area (Å²) in [5.41, 5.74) is 3.80. The van der Waals surface area contributed by atoms with Gasteiger partial charge in [0.25, 0.3) is 0 Å². The molecular weight excluding hydrogens is 276 g/mol. The molecule has 22 heavy (non-hydrogen) atoms. The zero-order valence-electron chi connectivity index (χ0n) is 12.0. The number of nitrogens with zero attached hydrogens (tertiary/aromatic N) is 3. The van der Waals surface area contributed by atoms with Crippen LogP contribution in [0.1, 0.15) is 5.82 Å². The number of H-pyrrole nitrogens is 1. The van der Waals surface area contributed by atoms with Crippen LogP contribution in [-0.2, 0) is 0 Å². The van der Waals surface area contributed by atoms with E-state index in [1.165, 1.54) is 0 Å². The molecule has 2 heterocycles. The van der Waals surface area contributed by atoms with Gasteiger partial charge >= 0.3 is 0 Å². The maximum atomic E-state index is 9.67. The first-order valence-corrected chi connectivity index (χ1v) is 7.00. The normalized spacial score (nSPS) is 11.1. The van der Waals surface area contributed by atoms with Gasteiger partial charge in [-0.3, -0.25) is 4.57 Å². The van der Waals surface area contributed by atoms with E-state index in [1.807, 2.05) is 48.0 Å². The number of fused-ring (bicyclic) bond motifs is 1. The lowest BCUT2D eigenvalue weighted by molar-refractivity contribution is 0.475. The molecule has 5 nitrogen and oxygen atoms in total. The van der Waals surface area contributed by atoms with Crippen molar-refractivity contribution in [2.45, 2.75) is 6.92 Å². The molecule has 0 aliphatic rings. The van der Waals surface area contributed by atoms with E-state index in [2.05, 4.69) is 15.0 Å². The van der Waals surface area contributed by atoms with Crippen LogP contribution in [0.4, 0.5) is 0 Å². The summed E-state index contributed by atoms with van der Waals surface area (Å²) in [5.74, 6) is 1.91. The minimum Gasteiger partial charge on any atom is -0.508 e. The molecule has 108 valence electrons. The van der Waals surface area contributed by atoms with Crippen LogP contribution in [0.5, 0.6) is 5.75 Å². The number of rotatable bonds is 2. The Morgan fingerprint density at radius 2 is 2.05 bits per heavy atom. The first-order chi connectivity index (χ1) is 10.7. The Kier molecular flexibility index (Phi) is 2.72. The Morgan fingerprint density at radius 3 is 2.91 bits per heavy atom. The number of aromatic amines is 1. The van der Waals surface area contributed by atoms with Crippen molar-refractivity contribution in [1.29, 1.82) is 0 Å². The third-order valence-corrected chi connectivity index (χ3v) is 3.61. The van der Waals surface area contributed by atoms with E-state index in [1.54, 1.807) is 18.3 Å². The van der Waals surface area contributed by atoms with E-state index in [9.17, 15) is 5.11 Å². The zero-order chi connectivity index (χ0) is 15.1. The largest absolute Gasteiger partial charge is 0.508 e. The van der Waals surface area contributed by atoms with Crippen LogP contribution < -0.4 is 0 Å². The van der Waals surface area contributed by atoms with Crippen LogP contribution in [-0.4, -0.2) is 24.6 Å². The highest BCUT2D eigenvalue weighted by molar-refractivity contribution is 5.78. The number of aromatic nitrogens is 4.